The standard InChI is InChI=1S/C8H12.C2H4O2.C2H6/c1-4-6-7-8(3)5-2;1-2(3)4;1-2/h4-7H,2H2,1,3H3;1H3,(H,3,4);1-2H3/b6-4-,8-7-;;. The van der Waals surface area contributed by atoms with Gasteiger partial charge in [0, 0.05) is 6.92 Å². The number of rotatable bonds is 2. The molecule has 0 aliphatic carbocycles. The lowest BCUT2D eigenvalue weighted by Gasteiger charge is -1.81. The number of hydrogen-bond donors (Lipinski definition) is 1. The van der Waals surface area contributed by atoms with Gasteiger partial charge in [-0.1, -0.05) is 50.3 Å². The summed E-state index contributed by atoms with van der Waals surface area (Å²) >= 11 is 0. The van der Waals surface area contributed by atoms with E-state index in [1.54, 1.807) is 0 Å². The molecule has 0 amide bonds. The molecular formula is C12H22O2. The average Bonchev–Trinajstić information content (AvgIpc) is 2.16. The SMILES string of the molecule is C=C/C(C)=C\C=C/C.CC.CC(=O)O. The van der Waals surface area contributed by atoms with Crippen molar-refractivity contribution < 1.29 is 9.90 Å². The second-order valence-electron chi connectivity index (χ2n) is 2.16. The molecule has 0 bridgehead atoms. The molecule has 0 saturated heterocycles. The lowest BCUT2D eigenvalue weighted by molar-refractivity contribution is -0.134. The fourth-order valence-corrected chi connectivity index (χ4v) is 0.316. The molecule has 0 aromatic rings. The topological polar surface area (TPSA) is 37.3 Å². The van der Waals surface area contributed by atoms with Crippen molar-refractivity contribution in [2.24, 2.45) is 0 Å². The molecule has 0 fully saturated rings. The third-order valence-corrected chi connectivity index (χ3v) is 0.874. The van der Waals surface area contributed by atoms with Crippen molar-refractivity contribution in [3.63, 3.8) is 0 Å². The molecule has 0 rings (SSSR count). The number of carboxylic acid groups (broad SMARTS) is 1. The zero-order chi connectivity index (χ0) is 12.0. The van der Waals surface area contributed by atoms with Gasteiger partial charge < -0.3 is 5.11 Å². The van der Waals surface area contributed by atoms with Crippen molar-refractivity contribution in [3.05, 3.63) is 36.5 Å². The predicted octanol–water partition coefficient (Wildman–Crippen LogP) is 3.81. The van der Waals surface area contributed by atoms with Gasteiger partial charge in [-0.2, -0.15) is 0 Å². The van der Waals surface area contributed by atoms with E-state index in [-0.39, 0.29) is 0 Å². The minimum Gasteiger partial charge on any atom is -0.481 e. The summed E-state index contributed by atoms with van der Waals surface area (Å²) in [6, 6.07) is 0. The fraction of sp³-hybridized carbons (Fsp3) is 0.417. The number of carboxylic acids is 1. The highest BCUT2D eigenvalue weighted by molar-refractivity contribution is 5.62. The Labute approximate surface area is 87.7 Å². The van der Waals surface area contributed by atoms with Gasteiger partial charge in [-0.15, -0.1) is 0 Å². The van der Waals surface area contributed by atoms with E-state index in [4.69, 9.17) is 9.90 Å². The molecule has 0 heterocycles. The van der Waals surface area contributed by atoms with Crippen molar-refractivity contribution in [3.8, 4) is 0 Å². The molecule has 0 aliphatic rings. The van der Waals surface area contributed by atoms with Crippen LogP contribution in [-0.2, 0) is 4.79 Å². The van der Waals surface area contributed by atoms with E-state index in [1.807, 2.05) is 52.0 Å². The second kappa shape index (κ2) is 17.7. The third kappa shape index (κ3) is 45.6. The van der Waals surface area contributed by atoms with Crippen LogP contribution in [0.5, 0.6) is 0 Å². The minimum atomic E-state index is -0.833. The van der Waals surface area contributed by atoms with Crippen LogP contribution in [0.25, 0.3) is 0 Å². The van der Waals surface area contributed by atoms with Crippen molar-refractivity contribution in [2.75, 3.05) is 0 Å². The molecule has 0 aliphatic heterocycles. The summed E-state index contributed by atoms with van der Waals surface area (Å²) in [7, 11) is 0. The molecule has 82 valence electrons. The summed E-state index contributed by atoms with van der Waals surface area (Å²) in [4.78, 5) is 9.00. The Bertz CT molecular complexity index is 184. The summed E-state index contributed by atoms with van der Waals surface area (Å²) < 4.78 is 0. The van der Waals surface area contributed by atoms with Crippen molar-refractivity contribution in [1.29, 1.82) is 0 Å². The van der Waals surface area contributed by atoms with Gasteiger partial charge in [0.25, 0.3) is 5.97 Å². The van der Waals surface area contributed by atoms with Crippen molar-refractivity contribution >= 4 is 5.97 Å². The van der Waals surface area contributed by atoms with Crippen LogP contribution >= 0.6 is 0 Å². The number of hydrogen-bond acceptors (Lipinski definition) is 1. The quantitative estimate of drug-likeness (QED) is 0.685. The Hall–Kier alpha value is -1.31. The second-order valence-corrected chi connectivity index (χ2v) is 2.16. The average molecular weight is 198 g/mol. The Balaban J connectivity index is -0.000000170. The highest BCUT2D eigenvalue weighted by atomic mass is 16.4. The summed E-state index contributed by atoms with van der Waals surface area (Å²) in [6.07, 6.45) is 7.84. The van der Waals surface area contributed by atoms with Crippen LogP contribution < -0.4 is 0 Å². The molecule has 0 spiro atoms. The van der Waals surface area contributed by atoms with Gasteiger partial charge in [-0.3, -0.25) is 4.79 Å². The molecule has 0 aromatic heterocycles. The molecule has 0 saturated carbocycles. The van der Waals surface area contributed by atoms with Crippen molar-refractivity contribution in [1.82, 2.24) is 0 Å². The first-order chi connectivity index (χ1) is 6.54. The molecule has 2 nitrogen and oxygen atoms in total. The van der Waals surface area contributed by atoms with E-state index in [2.05, 4.69) is 6.58 Å². The Kier molecular flexibility index (Phi) is 23.3. The van der Waals surface area contributed by atoms with E-state index < -0.39 is 5.97 Å². The molecule has 0 unspecified atom stereocenters. The maximum Gasteiger partial charge on any atom is 0.300 e. The van der Waals surface area contributed by atoms with Crippen molar-refractivity contribution in [2.45, 2.75) is 34.6 Å². The monoisotopic (exact) mass is 198 g/mol. The molecule has 0 atom stereocenters. The van der Waals surface area contributed by atoms with Gasteiger partial charge in [-0.05, 0) is 13.8 Å². The third-order valence-electron chi connectivity index (χ3n) is 0.874. The summed E-state index contributed by atoms with van der Waals surface area (Å²) in [5.41, 5.74) is 1.20. The Morgan fingerprint density at radius 1 is 1.29 bits per heavy atom. The largest absolute Gasteiger partial charge is 0.481 e. The van der Waals surface area contributed by atoms with Gasteiger partial charge >= 0.3 is 0 Å². The number of allylic oxidation sites excluding steroid dienone is 5. The summed E-state index contributed by atoms with van der Waals surface area (Å²) in [5.74, 6) is -0.833. The van der Waals surface area contributed by atoms with E-state index >= 15 is 0 Å². The van der Waals surface area contributed by atoms with Gasteiger partial charge in [0.15, 0.2) is 0 Å². The van der Waals surface area contributed by atoms with Gasteiger partial charge in [0.2, 0.25) is 0 Å². The van der Waals surface area contributed by atoms with E-state index in [0.717, 1.165) is 6.92 Å². The first-order valence-corrected chi connectivity index (χ1v) is 4.66. The maximum absolute atomic E-state index is 9.00. The van der Waals surface area contributed by atoms with Gasteiger partial charge in [0.05, 0.1) is 0 Å². The van der Waals surface area contributed by atoms with Crippen LogP contribution in [-0.4, -0.2) is 11.1 Å². The molecule has 0 aromatic carbocycles. The highest BCUT2D eigenvalue weighted by Gasteiger charge is 1.70. The van der Waals surface area contributed by atoms with Crippen LogP contribution in [0.4, 0.5) is 0 Å². The Morgan fingerprint density at radius 2 is 1.64 bits per heavy atom. The summed E-state index contributed by atoms with van der Waals surface area (Å²) in [6.45, 7) is 12.7. The lowest BCUT2D eigenvalue weighted by Crippen LogP contribution is -1.78. The molecule has 1 N–H and O–H groups in total. The number of aliphatic carboxylic acids is 1. The van der Waals surface area contributed by atoms with Crippen LogP contribution in [0.1, 0.15) is 34.6 Å². The maximum atomic E-state index is 9.00. The first kappa shape index (κ1) is 18.5. The molecular weight excluding hydrogens is 176 g/mol. The van der Waals surface area contributed by atoms with Crippen LogP contribution in [0.2, 0.25) is 0 Å². The summed E-state index contributed by atoms with van der Waals surface area (Å²) in [5, 5.41) is 7.42. The first-order valence-electron chi connectivity index (χ1n) is 4.66. The molecule has 2 heteroatoms. The van der Waals surface area contributed by atoms with Gasteiger partial charge in [-0.25, -0.2) is 0 Å². The highest BCUT2D eigenvalue weighted by Crippen LogP contribution is 1.91. The normalized spacial score (nSPS) is 9.36. The van der Waals surface area contributed by atoms with E-state index in [1.165, 1.54) is 5.57 Å². The Morgan fingerprint density at radius 3 is 1.86 bits per heavy atom. The lowest BCUT2D eigenvalue weighted by atomic mass is 10.3. The zero-order valence-corrected chi connectivity index (χ0v) is 9.87. The van der Waals surface area contributed by atoms with E-state index in [9.17, 15) is 0 Å². The van der Waals surface area contributed by atoms with Crippen LogP contribution in [0.3, 0.4) is 0 Å². The van der Waals surface area contributed by atoms with Crippen LogP contribution in [0.15, 0.2) is 36.5 Å². The zero-order valence-electron chi connectivity index (χ0n) is 9.87. The fourth-order valence-electron chi connectivity index (χ4n) is 0.316. The van der Waals surface area contributed by atoms with E-state index in [0.29, 0.717) is 0 Å². The van der Waals surface area contributed by atoms with Gasteiger partial charge in [0.1, 0.15) is 0 Å². The molecule has 14 heavy (non-hydrogen) atoms. The van der Waals surface area contributed by atoms with Crippen LogP contribution in [0, 0.1) is 0 Å². The molecule has 0 radical (unpaired) electrons. The number of carbonyl (C=O) groups is 1. The minimum absolute atomic E-state index is 0.833. The smallest absolute Gasteiger partial charge is 0.300 e. The predicted molar refractivity (Wildman–Crippen MR) is 63.4 cm³/mol.